The van der Waals surface area contributed by atoms with Crippen LogP contribution in [0.3, 0.4) is 0 Å². The van der Waals surface area contributed by atoms with Gasteiger partial charge in [0, 0.05) is 17.2 Å². The second kappa shape index (κ2) is 13.1. The number of fused-ring (bicyclic) bond motifs is 1. The van der Waals surface area contributed by atoms with Crippen molar-refractivity contribution in [1.29, 1.82) is 0 Å². The lowest BCUT2D eigenvalue weighted by molar-refractivity contribution is -0.139. The van der Waals surface area contributed by atoms with Gasteiger partial charge in [-0.15, -0.1) is 0 Å². The van der Waals surface area contributed by atoms with Crippen LogP contribution in [0.25, 0.3) is 17.4 Å². The number of hydrogen-bond donors (Lipinski definition) is 0. The average Bonchev–Trinajstić information content (AvgIpc) is 3.61. The molecule has 1 unspecified atom stereocenters. The van der Waals surface area contributed by atoms with Gasteiger partial charge in [-0.3, -0.25) is 9.36 Å². The maximum atomic E-state index is 14.0. The number of ether oxygens (including phenoxy) is 3. The number of nitrogens with zero attached hydrogens (tertiary/aromatic N) is 2. The van der Waals surface area contributed by atoms with Gasteiger partial charge < -0.3 is 18.6 Å². The molecule has 5 rings (SSSR count). The van der Waals surface area contributed by atoms with Crippen molar-refractivity contribution in [3.63, 3.8) is 0 Å². The molecule has 2 aromatic carbocycles. The van der Waals surface area contributed by atoms with Crippen molar-refractivity contribution in [3.8, 4) is 17.1 Å². The zero-order chi connectivity index (χ0) is 30.5. The van der Waals surface area contributed by atoms with Crippen molar-refractivity contribution in [2.75, 3.05) is 20.3 Å². The Balaban J connectivity index is 1.63. The highest BCUT2D eigenvalue weighted by atomic mass is 32.1. The Morgan fingerprint density at radius 1 is 1.00 bits per heavy atom. The molecule has 0 spiro atoms. The van der Waals surface area contributed by atoms with E-state index in [0.29, 0.717) is 61.0 Å². The first kappa shape index (κ1) is 29.8. The van der Waals surface area contributed by atoms with Gasteiger partial charge in [0.2, 0.25) is 0 Å². The summed E-state index contributed by atoms with van der Waals surface area (Å²) in [7, 11) is 1.56. The Bertz CT molecular complexity index is 1880. The second-order valence-electron chi connectivity index (χ2n) is 9.66. The molecule has 0 saturated heterocycles. The summed E-state index contributed by atoms with van der Waals surface area (Å²) in [4.78, 5) is 44.9. The number of methoxy groups -OCH3 is 1. The van der Waals surface area contributed by atoms with Crippen molar-refractivity contribution < 1.29 is 28.2 Å². The van der Waals surface area contributed by atoms with E-state index in [-0.39, 0.29) is 18.8 Å². The molecule has 0 amide bonds. The van der Waals surface area contributed by atoms with E-state index in [1.165, 1.54) is 15.9 Å². The van der Waals surface area contributed by atoms with Crippen LogP contribution in [-0.4, -0.2) is 36.8 Å². The molecule has 0 aliphatic carbocycles. The summed E-state index contributed by atoms with van der Waals surface area (Å²) in [5.74, 6) is 0.607. The zero-order valence-electron chi connectivity index (χ0n) is 24.4. The van der Waals surface area contributed by atoms with E-state index in [1.807, 2.05) is 31.2 Å². The van der Waals surface area contributed by atoms with Crippen molar-refractivity contribution in [1.82, 2.24) is 4.57 Å². The summed E-state index contributed by atoms with van der Waals surface area (Å²) >= 11 is 1.22. The molecule has 9 nitrogen and oxygen atoms in total. The fourth-order valence-corrected chi connectivity index (χ4v) is 6.04. The molecule has 1 atom stereocenters. The number of hydrogen-bond acceptors (Lipinski definition) is 9. The lowest BCUT2D eigenvalue weighted by atomic mass is 9.93. The van der Waals surface area contributed by atoms with Gasteiger partial charge in [0.05, 0.1) is 41.7 Å². The molecule has 4 aromatic rings. The van der Waals surface area contributed by atoms with Crippen LogP contribution in [0.1, 0.15) is 61.3 Å². The molecule has 222 valence electrons. The number of para-hydroxylation sites is 1. The maximum absolute atomic E-state index is 14.0. The number of rotatable bonds is 10. The van der Waals surface area contributed by atoms with Crippen molar-refractivity contribution in [3.05, 3.63) is 109 Å². The molecule has 43 heavy (non-hydrogen) atoms. The largest absolute Gasteiger partial charge is 0.496 e. The smallest absolute Gasteiger partial charge is 0.338 e. The highest BCUT2D eigenvalue weighted by Crippen LogP contribution is 2.36. The lowest BCUT2D eigenvalue weighted by Crippen LogP contribution is -2.40. The van der Waals surface area contributed by atoms with Crippen LogP contribution in [0.2, 0.25) is 0 Å². The van der Waals surface area contributed by atoms with E-state index >= 15 is 0 Å². The molecular formula is C33H32N2O7S. The summed E-state index contributed by atoms with van der Waals surface area (Å²) in [5.41, 5.74) is 2.37. The minimum atomic E-state index is -0.784. The molecule has 3 heterocycles. The third-order valence-electron chi connectivity index (χ3n) is 6.88. The molecule has 10 heteroatoms. The molecular weight excluding hydrogens is 568 g/mol. The molecule has 0 saturated carbocycles. The third kappa shape index (κ3) is 5.96. The van der Waals surface area contributed by atoms with Gasteiger partial charge in [0.1, 0.15) is 23.3 Å². The molecule has 0 bridgehead atoms. The van der Waals surface area contributed by atoms with Crippen LogP contribution in [0.5, 0.6) is 5.75 Å². The Kier molecular flexibility index (Phi) is 9.06. The average molecular weight is 601 g/mol. The Morgan fingerprint density at radius 3 is 2.51 bits per heavy atom. The van der Waals surface area contributed by atoms with Crippen LogP contribution in [0, 0.1) is 0 Å². The second-order valence-corrected chi connectivity index (χ2v) is 10.7. The van der Waals surface area contributed by atoms with E-state index in [0.717, 1.165) is 6.42 Å². The van der Waals surface area contributed by atoms with E-state index in [2.05, 4.69) is 0 Å². The lowest BCUT2D eigenvalue weighted by Gasteiger charge is -2.26. The summed E-state index contributed by atoms with van der Waals surface area (Å²) in [6.45, 7) is 5.98. The van der Waals surface area contributed by atoms with E-state index in [4.69, 9.17) is 23.6 Å². The summed E-state index contributed by atoms with van der Waals surface area (Å²) in [5, 5.41) is 0. The van der Waals surface area contributed by atoms with Crippen LogP contribution in [0.4, 0.5) is 0 Å². The number of benzene rings is 2. The topological polar surface area (TPSA) is 109 Å². The third-order valence-corrected chi connectivity index (χ3v) is 7.87. The van der Waals surface area contributed by atoms with Gasteiger partial charge >= 0.3 is 11.9 Å². The SMILES string of the molecule is CCCC1=C(C(=O)OCC)C(c2ccccc2OC)n2c(s/c(=C\c3ccc(-c4cccc(C(=O)OCC)c4)o3)c2=O)=N1. The normalized spacial score (nSPS) is 14.7. The highest BCUT2D eigenvalue weighted by molar-refractivity contribution is 7.07. The Hall–Kier alpha value is -4.70. The first-order valence-electron chi connectivity index (χ1n) is 14.1. The summed E-state index contributed by atoms with van der Waals surface area (Å²) in [6.07, 6.45) is 2.95. The monoisotopic (exact) mass is 600 g/mol. The highest BCUT2D eigenvalue weighted by Gasteiger charge is 2.35. The van der Waals surface area contributed by atoms with E-state index in [1.54, 1.807) is 63.4 Å². The Morgan fingerprint density at radius 2 is 1.77 bits per heavy atom. The van der Waals surface area contributed by atoms with Gasteiger partial charge in [-0.1, -0.05) is 55.0 Å². The van der Waals surface area contributed by atoms with Crippen LogP contribution >= 0.6 is 11.3 Å². The number of carbonyl (C=O) groups excluding carboxylic acids is 2. The minimum Gasteiger partial charge on any atom is -0.496 e. The van der Waals surface area contributed by atoms with Crippen molar-refractivity contribution in [2.24, 2.45) is 4.99 Å². The van der Waals surface area contributed by atoms with Crippen molar-refractivity contribution >= 4 is 29.4 Å². The number of carbonyl (C=O) groups is 2. The van der Waals surface area contributed by atoms with Gasteiger partial charge in [-0.2, -0.15) is 0 Å². The van der Waals surface area contributed by atoms with Gasteiger partial charge in [-0.05, 0) is 50.6 Å². The fraction of sp³-hybridized carbons (Fsp3) is 0.273. The standard InChI is InChI=1S/C33H32N2O7S/c1-5-11-24-28(32(38)41-7-3)29(23-14-8-9-15-26(23)39-4)35-30(36)27(43-33(35)34-24)19-22-16-17-25(42-22)20-12-10-13-21(18-20)31(37)40-6-2/h8-10,12-19,29H,5-7,11H2,1-4H3/b27-19-. The number of furan rings is 1. The van der Waals surface area contributed by atoms with Crippen LogP contribution < -0.4 is 19.6 Å². The first-order valence-corrected chi connectivity index (χ1v) is 14.9. The molecule has 0 fully saturated rings. The number of aromatic nitrogens is 1. The van der Waals surface area contributed by atoms with Crippen molar-refractivity contribution in [2.45, 2.75) is 39.7 Å². The van der Waals surface area contributed by atoms with Crippen LogP contribution in [0.15, 0.2) is 86.1 Å². The number of esters is 2. The molecule has 1 aliphatic heterocycles. The van der Waals surface area contributed by atoms with E-state index < -0.39 is 18.0 Å². The van der Waals surface area contributed by atoms with Crippen LogP contribution in [-0.2, 0) is 14.3 Å². The van der Waals surface area contributed by atoms with Gasteiger partial charge in [0.15, 0.2) is 4.80 Å². The maximum Gasteiger partial charge on any atom is 0.338 e. The predicted octanol–water partition coefficient (Wildman–Crippen LogP) is 5.02. The molecule has 1 aliphatic rings. The fourth-order valence-electron chi connectivity index (χ4n) is 5.04. The van der Waals surface area contributed by atoms with Gasteiger partial charge in [0.25, 0.3) is 5.56 Å². The minimum absolute atomic E-state index is 0.189. The zero-order valence-corrected chi connectivity index (χ0v) is 25.2. The first-order chi connectivity index (χ1) is 20.9. The summed E-state index contributed by atoms with van der Waals surface area (Å²) < 4.78 is 24.2. The molecule has 0 radical (unpaired) electrons. The quantitative estimate of drug-likeness (QED) is 0.235. The number of allylic oxidation sites excluding steroid dienone is 1. The molecule has 2 aromatic heterocycles. The Labute approximate surface area is 252 Å². The van der Waals surface area contributed by atoms with Gasteiger partial charge in [-0.25, -0.2) is 14.6 Å². The number of thiazole rings is 1. The molecule has 0 N–H and O–H groups in total. The van der Waals surface area contributed by atoms with E-state index in [9.17, 15) is 14.4 Å². The predicted molar refractivity (Wildman–Crippen MR) is 163 cm³/mol. The summed E-state index contributed by atoms with van der Waals surface area (Å²) in [6, 6.07) is 17.1.